The monoisotopic (exact) mass is 372 g/mol. The lowest BCUT2D eigenvalue weighted by molar-refractivity contribution is -0.385. The number of benzene rings is 2. The van der Waals surface area contributed by atoms with Crippen LogP contribution in [0.25, 0.3) is 11.0 Å². The topological polar surface area (TPSA) is 179 Å². The molecule has 136 valence electrons. The molecule has 0 saturated carbocycles. The molecule has 0 radical (unpaired) electrons. The van der Waals surface area contributed by atoms with Gasteiger partial charge in [0.05, 0.1) is 26.9 Å². The van der Waals surface area contributed by atoms with Gasteiger partial charge >= 0.3 is 11.7 Å². The van der Waals surface area contributed by atoms with Crippen molar-refractivity contribution in [1.82, 2.24) is 9.97 Å². The Morgan fingerprint density at radius 3 is 2.52 bits per heavy atom. The number of non-ortho nitro benzene ring substituents is 1. The Morgan fingerprint density at radius 2 is 1.89 bits per heavy atom. The summed E-state index contributed by atoms with van der Waals surface area (Å²) in [5, 5.41) is 31.1. The van der Waals surface area contributed by atoms with Gasteiger partial charge in [-0.3, -0.25) is 25.0 Å². The van der Waals surface area contributed by atoms with Gasteiger partial charge in [0.1, 0.15) is 5.75 Å². The number of nitro groups is 2. The highest BCUT2D eigenvalue weighted by Crippen LogP contribution is 2.35. The number of nitro benzene ring substituents is 2. The smallest absolute Gasteiger partial charge is 0.360 e. The largest absolute Gasteiger partial charge is 0.476 e. The molecule has 0 atom stereocenters. The molecule has 0 aliphatic rings. The van der Waals surface area contributed by atoms with E-state index in [2.05, 4.69) is 9.97 Å². The summed E-state index contributed by atoms with van der Waals surface area (Å²) < 4.78 is 5.37. The SMILES string of the molecule is O=C(O)c1nc2cc(Oc3cccc([N+](=O)[O-])c3)c([N+](=O)[O-])cc2[nH]c1=O. The second-order valence-corrected chi connectivity index (χ2v) is 5.17. The zero-order chi connectivity index (χ0) is 19.7. The van der Waals surface area contributed by atoms with E-state index in [-0.39, 0.29) is 28.2 Å². The van der Waals surface area contributed by atoms with Gasteiger partial charge in [0.2, 0.25) is 11.4 Å². The number of carboxylic acid groups (broad SMARTS) is 1. The van der Waals surface area contributed by atoms with Crippen LogP contribution in [-0.4, -0.2) is 30.9 Å². The van der Waals surface area contributed by atoms with Crippen molar-refractivity contribution in [3.8, 4) is 11.5 Å². The summed E-state index contributed by atoms with van der Waals surface area (Å²) in [6.07, 6.45) is 0. The highest BCUT2D eigenvalue weighted by Gasteiger charge is 2.21. The molecule has 0 aliphatic heterocycles. The minimum absolute atomic E-state index is 0.0467. The molecule has 0 saturated heterocycles. The van der Waals surface area contributed by atoms with Crippen LogP contribution < -0.4 is 10.3 Å². The number of nitrogens with one attached hydrogen (secondary N) is 1. The fraction of sp³-hybridized carbons (Fsp3) is 0. The number of carbonyl (C=O) groups is 1. The van der Waals surface area contributed by atoms with Crippen LogP contribution in [0.2, 0.25) is 0 Å². The summed E-state index contributed by atoms with van der Waals surface area (Å²) >= 11 is 0. The third kappa shape index (κ3) is 3.39. The lowest BCUT2D eigenvalue weighted by Crippen LogP contribution is -2.19. The second-order valence-electron chi connectivity index (χ2n) is 5.17. The first-order valence-corrected chi connectivity index (χ1v) is 7.14. The maximum atomic E-state index is 11.7. The summed E-state index contributed by atoms with van der Waals surface area (Å²) in [6.45, 7) is 0. The number of rotatable bonds is 5. The van der Waals surface area contributed by atoms with E-state index in [4.69, 9.17) is 9.84 Å². The van der Waals surface area contributed by atoms with Crippen LogP contribution in [0, 0.1) is 20.2 Å². The van der Waals surface area contributed by atoms with Crippen LogP contribution in [0.3, 0.4) is 0 Å². The van der Waals surface area contributed by atoms with Crippen LogP contribution >= 0.6 is 0 Å². The molecule has 1 aromatic heterocycles. The molecule has 0 fully saturated rings. The summed E-state index contributed by atoms with van der Waals surface area (Å²) in [7, 11) is 0. The molecule has 12 nitrogen and oxygen atoms in total. The van der Waals surface area contributed by atoms with Crippen molar-refractivity contribution in [2.24, 2.45) is 0 Å². The number of aromatic carboxylic acids is 1. The molecule has 2 N–H and O–H groups in total. The number of aromatic nitrogens is 2. The van der Waals surface area contributed by atoms with E-state index in [1.165, 1.54) is 18.2 Å². The fourth-order valence-electron chi connectivity index (χ4n) is 2.26. The van der Waals surface area contributed by atoms with Gasteiger partial charge in [-0.05, 0) is 6.07 Å². The average molecular weight is 372 g/mol. The van der Waals surface area contributed by atoms with Crippen LogP contribution in [-0.2, 0) is 0 Å². The summed E-state index contributed by atoms with van der Waals surface area (Å²) in [6, 6.07) is 6.99. The maximum absolute atomic E-state index is 11.7. The Bertz CT molecular complexity index is 1170. The third-order valence-corrected chi connectivity index (χ3v) is 3.43. The van der Waals surface area contributed by atoms with Crippen molar-refractivity contribution >= 4 is 28.4 Å². The summed E-state index contributed by atoms with van der Waals surface area (Å²) in [4.78, 5) is 49.3. The zero-order valence-corrected chi connectivity index (χ0v) is 13.1. The third-order valence-electron chi connectivity index (χ3n) is 3.43. The zero-order valence-electron chi connectivity index (χ0n) is 13.1. The van der Waals surface area contributed by atoms with Gasteiger partial charge < -0.3 is 14.8 Å². The number of H-pyrrole nitrogens is 1. The van der Waals surface area contributed by atoms with E-state index >= 15 is 0 Å². The van der Waals surface area contributed by atoms with Gasteiger partial charge in [-0.2, -0.15) is 0 Å². The van der Waals surface area contributed by atoms with E-state index in [0.29, 0.717) is 0 Å². The van der Waals surface area contributed by atoms with Gasteiger partial charge in [-0.15, -0.1) is 0 Å². The van der Waals surface area contributed by atoms with Crippen molar-refractivity contribution < 1.29 is 24.5 Å². The molecule has 3 aromatic rings. The minimum Gasteiger partial charge on any atom is -0.476 e. The molecular formula is C15H8N4O8. The van der Waals surface area contributed by atoms with E-state index < -0.39 is 32.8 Å². The highest BCUT2D eigenvalue weighted by molar-refractivity contribution is 5.89. The van der Waals surface area contributed by atoms with E-state index in [1.807, 2.05) is 0 Å². The quantitative estimate of drug-likeness (QED) is 0.501. The fourth-order valence-corrected chi connectivity index (χ4v) is 2.26. The van der Waals surface area contributed by atoms with Crippen LogP contribution in [0.15, 0.2) is 41.2 Å². The van der Waals surface area contributed by atoms with Crippen molar-refractivity contribution in [3.05, 3.63) is 72.7 Å². The molecule has 27 heavy (non-hydrogen) atoms. The van der Waals surface area contributed by atoms with Crippen LogP contribution in [0.4, 0.5) is 11.4 Å². The molecular weight excluding hydrogens is 364 g/mol. The predicted octanol–water partition coefficient (Wildman–Crippen LogP) is 2.23. The Hall–Kier alpha value is -4.35. The molecule has 2 aromatic carbocycles. The first-order chi connectivity index (χ1) is 12.8. The summed E-state index contributed by atoms with van der Waals surface area (Å²) in [5.74, 6) is -1.95. The Kier molecular flexibility index (Phi) is 4.21. The predicted molar refractivity (Wildman–Crippen MR) is 89.1 cm³/mol. The number of aromatic amines is 1. The molecule has 0 bridgehead atoms. The van der Waals surface area contributed by atoms with Crippen molar-refractivity contribution in [2.45, 2.75) is 0 Å². The number of hydrogen-bond donors (Lipinski definition) is 2. The van der Waals surface area contributed by atoms with Gasteiger partial charge in [-0.25, -0.2) is 9.78 Å². The Labute approximate surface area is 148 Å². The molecule has 0 unspecified atom stereocenters. The molecule has 1 heterocycles. The van der Waals surface area contributed by atoms with Gasteiger partial charge in [0, 0.05) is 18.2 Å². The minimum atomic E-state index is -1.57. The lowest BCUT2D eigenvalue weighted by Gasteiger charge is -2.08. The number of hydrogen-bond acceptors (Lipinski definition) is 8. The Balaban J connectivity index is 2.16. The molecule has 12 heteroatoms. The van der Waals surface area contributed by atoms with Crippen molar-refractivity contribution in [2.75, 3.05) is 0 Å². The first-order valence-electron chi connectivity index (χ1n) is 7.14. The van der Waals surface area contributed by atoms with Crippen molar-refractivity contribution in [1.29, 1.82) is 0 Å². The van der Waals surface area contributed by atoms with Crippen LogP contribution in [0.5, 0.6) is 11.5 Å². The second kappa shape index (κ2) is 6.51. The van der Waals surface area contributed by atoms with E-state index in [1.54, 1.807) is 0 Å². The lowest BCUT2D eigenvalue weighted by atomic mass is 10.2. The summed E-state index contributed by atoms with van der Waals surface area (Å²) in [5.41, 5.74) is -2.78. The molecule has 0 amide bonds. The number of carboxylic acids is 1. The normalized spacial score (nSPS) is 10.5. The van der Waals surface area contributed by atoms with Gasteiger partial charge in [0.25, 0.3) is 11.2 Å². The number of ether oxygens (including phenoxy) is 1. The Morgan fingerprint density at radius 1 is 1.15 bits per heavy atom. The molecule has 0 spiro atoms. The van der Waals surface area contributed by atoms with Crippen LogP contribution in [0.1, 0.15) is 10.5 Å². The average Bonchev–Trinajstić information content (AvgIpc) is 2.60. The number of nitrogens with zero attached hydrogens (tertiary/aromatic N) is 3. The standard InChI is InChI=1S/C15H8N4O8/c20-14-13(15(21)22)16-10-6-12(11(19(25)26)5-9(10)17-14)27-8-3-1-2-7(4-8)18(23)24/h1-6H,(H,17,20)(H,21,22). The molecule has 0 aliphatic carbocycles. The van der Waals surface area contributed by atoms with Crippen molar-refractivity contribution in [3.63, 3.8) is 0 Å². The first kappa shape index (κ1) is 17.5. The maximum Gasteiger partial charge on any atom is 0.360 e. The van der Waals surface area contributed by atoms with E-state index in [0.717, 1.165) is 18.2 Å². The number of fused-ring (bicyclic) bond motifs is 1. The van der Waals surface area contributed by atoms with Gasteiger partial charge in [0.15, 0.2) is 0 Å². The van der Waals surface area contributed by atoms with E-state index in [9.17, 15) is 29.8 Å². The molecule has 3 rings (SSSR count). The van der Waals surface area contributed by atoms with Gasteiger partial charge in [-0.1, -0.05) is 6.07 Å². The highest BCUT2D eigenvalue weighted by atomic mass is 16.6.